The predicted molar refractivity (Wildman–Crippen MR) is 85.8 cm³/mol. The van der Waals surface area contributed by atoms with Gasteiger partial charge in [0, 0.05) is 17.8 Å². The minimum Gasteiger partial charge on any atom is -0.451 e. The van der Waals surface area contributed by atoms with Crippen LogP contribution >= 0.6 is 0 Å². The first-order valence-corrected chi connectivity index (χ1v) is 7.11. The van der Waals surface area contributed by atoms with Crippen molar-refractivity contribution in [1.29, 1.82) is 5.41 Å². The van der Waals surface area contributed by atoms with E-state index in [0.717, 1.165) is 11.0 Å². The van der Waals surface area contributed by atoms with Gasteiger partial charge in [-0.2, -0.15) is 0 Å². The number of allylic oxidation sites excluding steroid dienone is 1. The molecular formula is C17H17N3O2. The zero-order valence-corrected chi connectivity index (χ0v) is 12.0. The van der Waals surface area contributed by atoms with Crippen molar-refractivity contribution in [2.75, 3.05) is 6.54 Å². The highest BCUT2D eigenvalue weighted by atomic mass is 16.3. The molecule has 1 aromatic heterocycles. The number of nitrogens with two attached hydrogens (primary N) is 1. The van der Waals surface area contributed by atoms with Crippen LogP contribution in [0.25, 0.3) is 11.0 Å². The van der Waals surface area contributed by atoms with Crippen LogP contribution in [0.15, 0.2) is 58.6 Å². The second-order valence-corrected chi connectivity index (χ2v) is 5.27. The third-order valence-corrected chi connectivity index (χ3v) is 3.68. The molecule has 5 nitrogen and oxygen atoms in total. The second-order valence-electron chi connectivity index (χ2n) is 5.27. The lowest BCUT2D eigenvalue weighted by Gasteiger charge is -2.14. The number of fused-ring (bicyclic) bond motifs is 1. The Kier molecular flexibility index (Phi) is 3.78. The minimum absolute atomic E-state index is 0.0326. The Hall–Kier alpha value is -2.82. The van der Waals surface area contributed by atoms with Crippen molar-refractivity contribution in [3.05, 3.63) is 59.9 Å². The summed E-state index contributed by atoms with van der Waals surface area (Å²) in [6.07, 6.45) is 6.48. The number of hydrogen-bond donors (Lipinski definition) is 3. The number of amides is 1. The smallest absolute Gasteiger partial charge is 0.287 e. The molecule has 3 rings (SSSR count). The van der Waals surface area contributed by atoms with Gasteiger partial charge >= 0.3 is 0 Å². The van der Waals surface area contributed by atoms with Gasteiger partial charge in [0.2, 0.25) is 0 Å². The molecule has 112 valence electrons. The van der Waals surface area contributed by atoms with Crippen molar-refractivity contribution in [2.45, 2.75) is 6.42 Å². The number of carbonyl (C=O) groups is 1. The average molecular weight is 295 g/mol. The van der Waals surface area contributed by atoms with E-state index in [4.69, 9.17) is 15.6 Å². The van der Waals surface area contributed by atoms with Gasteiger partial charge in [-0.15, -0.1) is 0 Å². The summed E-state index contributed by atoms with van der Waals surface area (Å²) in [5, 5.41) is 11.2. The molecule has 0 radical (unpaired) electrons. The zero-order valence-electron chi connectivity index (χ0n) is 12.0. The molecule has 0 saturated carbocycles. The van der Waals surface area contributed by atoms with Crippen molar-refractivity contribution in [3.63, 3.8) is 0 Å². The van der Waals surface area contributed by atoms with Crippen molar-refractivity contribution in [2.24, 2.45) is 11.7 Å². The Balaban J connectivity index is 1.61. The summed E-state index contributed by atoms with van der Waals surface area (Å²) in [6, 6.07) is 9.26. The Morgan fingerprint density at radius 2 is 2.23 bits per heavy atom. The van der Waals surface area contributed by atoms with Gasteiger partial charge in [0.1, 0.15) is 5.58 Å². The summed E-state index contributed by atoms with van der Waals surface area (Å²) in [5.74, 6) is 0.204. The molecule has 1 unspecified atom stereocenters. The Morgan fingerprint density at radius 3 is 2.91 bits per heavy atom. The molecule has 1 heterocycles. The lowest BCUT2D eigenvalue weighted by Crippen LogP contribution is -2.26. The van der Waals surface area contributed by atoms with Crippen molar-refractivity contribution in [1.82, 2.24) is 5.32 Å². The van der Waals surface area contributed by atoms with Gasteiger partial charge in [0.25, 0.3) is 5.91 Å². The average Bonchev–Trinajstić information content (AvgIpc) is 2.97. The molecule has 5 heteroatoms. The summed E-state index contributed by atoms with van der Waals surface area (Å²) >= 11 is 0. The van der Waals surface area contributed by atoms with Gasteiger partial charge in [-0.05, 0) is 24.1 Å². The number of nitrogens with one attached hydrogen (secondary N) is 2. The molecule has 0 fully saturated rings. The molecule has 0 saturated heterocycles. The first-order chi connectivity index (χ1) is 10.6. The number of amidine groups is 1. The highest BCUT2D eigenvalue weighted by molar-refractivity contribution is 5.96. The van der Waals surface area contributed by atoms with E-state index in [2.05, 4.69) is 5.32 Å². The van der Waals surface area contributed by atoms with E-state index >= 15 is 0 Å². The molecule has 1 amide bonds. The van der Waals surface area contributed by atoms with Crippen LogP contribution in [-0.4, -0.2) is 18.3 Å². The van der Waals surface area contributed by atoms with Gasteiger partial charge < -0.3 is 15.5 Å². The SMILES string of the molecule is N=C(N)C1C=CC(CNC(=O)c2cc3ccccc3o2)=CC1. The first-order valence-electron chi connectivity index (χ1n) is 7.11. The van der Waals surface area contributed by atoms with Crippen molar-refractivity contribution >= 4 is 22.7 Å². The van der Waals surface area contributed by atoms with Crippen LogP contribution < -0.4 is 11.1 Å². The molecule has 1 aromatic carbocycles. The van der Waals surface area contributed by atoms with E-state index in [-0.39, 0.29) is 17.7 Å². The highest BCUT2D eigenvalue weighted by Crippen LogP contribution is 2.19. The molecule has 0 spiro atoms. The minimum atomic E-state index is -0.237. The molecule has 1 aliphatic carbocycles. The molecule has 22 heavy (non-hydrogen) atoms. The number of benzene rings is 1. The van der Waals surface area contributed by atoms with Gasteiger partial charge in [-0.25, -0.2) is 0 Å². The molecule has 0 bridgehead atoms. The van der Waals surface area contributed by atoms with E-state index in [9.17, 15) is 4.79 Å². The number of para-hydroxylation sites is 1. The summed E-state index contributed by atoms with van der Waals surface area (Å²) in [6.45, 7) is 0.428. The maximum atomic E-state index is 12.1. The third kappa shape index (κ3) is 2.93. The summed E-state index contributed by atoms with van der Waals surface area (Å²) in [5.41, 5.74) is 7.17. The van der Waals surface area contributed by atoms with Crippen LogP contribution in [0.5, 0.6) is 0 Å². The normalized spacial score (nSPS) is 17.3. The number of hydrogen-bond acceptors (Lipinski definition) is 3. The quantitative estimate of drug-likeness (QED) is 0.598. The van der Waals surface area contributed by atoms with Crippen LogP contribution in [0.3, 0.4) is 0 Å². The van der Waals surface area contributed by atoms with E-state index in [1.165, 1.54) is 0 Å². The summed E-state index contributed by atoms with van der Waals surface area (Å²) in [4.78, 5) is 12.1. The standard InChI is InChI=1S/C17H17N3O2/c18-16(19)12-7-5-11(6-8-12)10-20-17(21)15-9-13-3-1-2-4-14(13)22-15/h1-7,9,12H,8,10H2,(H3,18,19)(H,20,21). The lowest BCUT2D eigenvalue weighted by molar-refractivity contribution is 0.0932. The maximum absolute atomic E-state index is 12.1. The number of rotatable bonds is 4. The largest absolute Gasteiger partial charge is 0.451 e. The van der Waals surface area contributed by atoms with Gasteiger partial charge in [-0.1, -0.05) is 36.4 Å². The summed E-state index contributed by atoms with van der Waals surface area (Å²) in [7, 11) is 0. The van der Waals surface area contributed by atoms with Gasteiger partial charge in [-0.3, -0.25) is 10.2 Å². The Labute approximate surface area is 128 Å². The number of furan rings is 1. The molecule has 1 aliphatic rings. The highest BCUT2D eigenvalue weighted by Gasteiger charge is 2.14. The molecule has 0 aliphatic heterocycles. The monoisotopic (exact) mass is 295 g/mol. The maximum Gasteiger partial charge on any atom is 0.287 e. The van der Waals surface area contributed by atoms with Gasteiger partial charge in [0.05, 0.1) is 5.84 Å². The number of carbonyl (C=O) groups excluding carboxylic acids is 1. The Morgan fingerprint density at radius 1 is 1.41 bits per heavy atom. The molecule has 4 N–H and O–H groups in total. The second kappa shape index (κ2) is 5.89. The van der Waals surface area contributed by atoms with Crippen molar-refractivity contribution < 1.29 is 9.21 Å². The molecule has 2 aromatic rings. The van der Waals surface area contributed by atoms with Crippen LogP contribution in [0, 0.1) is 11.3 Å². The van der Waals surface area contributed by atoms with E-state index in [0.29, 0.717) is 24.3 Å². The molecule has 1 atom stereocenters. The fraction of sp³-hybridized carbons (Fsp3) is 0.176. The van der Waals surface area contributed by atoms with Crippen molar-refractivity contribution in [3.8, 4) is 0 Å². The van der Waals surface area contributed by atoms with E-state index in [1.807, 2.05) is 42.5 Å². The zero-order chi connectivity index (χ0) is 15.5. The lowest BCUT2D eigenvalue weighted by atomic mass is 9.96. The van der Waals surface area contributed by atoms with E-state index in [1.54, 1.807) is 6.07 Å². The van der Waals surface area contributed by atoms with Gasteiger partial charge in [0.15, 0.2) is 5.76 Å². The van der Waals surface area contributed by atoms with Crippen LogP contribution in [0.1, 0.15) is 17.0 Å². The van der Waals surface area contributed by atoms with Crippen LogP contribution in [-0.2, 0) is 0 Å². The van der Waals surface area contributed by atoms with E-state index < -0.39 is 0 Å². The van der Waals surface area contributed by atoms with Crippen LogP contribution in [0.2, 0.25) is 0 Å². The fourth-order valence-corrected chi connectivity index (χ4v) is 2.39. The molecular weight excluding hydrogens is 278 g/mol. The predicted octanol–water partition coefficient (Wildman–Crippen LogP) is 2.60. The summed E-state index contributed by atoms with van der Waals surface area (Å²) < 4.78 is 5.52. The Bertz CT molecular complexity index is 753. The third-order valence-electron chi connectivity index (χ3n) is 3.68. The first kappa shape index (κ1) is 14.1. The topological polar surface area (TPSA) is 92.1 Å². The van der Waals surface area contributed by atoms with Crippen LogP contribution in [0.4, 0.5) is 0 Å². The fourth-order valence-electron chi connectivity index (χ4n) is 2.39.